The molecule has 1 amide bonds. The zero-order valence-electron chi connectivity index (χ0n) is 15.1. The normalized spacial score (nSPS) is 13.4. The van der Waals surface area contributed by atoms with Crippen LogP contribution < -0.4 is 5.32 Å². The fourth-order valence-electron chi connectivity index (χ4n) is 3.49. The number of benzene rings is 2. The van der Waals surface area contributed by atoms with E-state index in [1.807, 2.05) is 0 Å². The molecule has 1 aliphatic carbocycles. The second-order valence-electron chi connectivity index (χ2n) is 6.74. The molecule has 0 bridgehead atoms. The fraction of sp³-hybridized carbons (Fsp3) is 0.200. The van der Waals surface area contributed by atoms with Crippen molar-refractivity contribution in [3.63, 3.8) is 0 Å². The number of nitrogens with one attached hydrogen (secondary N) is 1. The molecule has 1 aliphatic rings. The number of carbonyl (C=O) groups excluding carboxylic acids is 1. The SMILES string of the molecule is CS(=O)(=O)c1ccccc1C(=O)Nc1nn(-c2ccc(F)cc2)c2c1CCC2. The van der Waals surface area contributed by atoms with Crippen molar-refractivity contribution in [1.29, 1.82) is 0 Å². The highest BCUT2D eigenvalue weighted by Crippen LogP contribution is 2.31. The molecule has 0 aliphatic heterocycles. The largest absolute Gasteiger partial charge is 0.305 e. The van der Waals surface area contributed by atoms with Gasteiger partial charge in [0.25, 0.3) is 5.91 Å². The first kappa shape index (κ1) is 18.4. The van der Waals surface area contributed by atoms with Gasteiger partial charge in [0.05, 0.1) is 16.1 Å². The molecule has 1 N–H and O–H groups in total. The number of sulfone groups is 1. The van der Waals surface area contributed by atoms with E-state index in [2.05, 4.69) is 10.4 Å². The minimum Gasteiger partial charge on any atom is -0.305 e. The Bertz CT molecular complexity index is 1170. The third-order valence-corrected chi connectivity index (χ3v) is 5.92. The summed E-state index contributed by atoms with van der Waals surface area (Å²) in [4.78, 5) is 12.8. The summed E-state index contributed by atoms with van der Waals surface area (Å²) < 4.78 is 38.9. The zero-order chi connectivity index (χ0) is 19.9. The van der Waals surface area contributed by atoms with Crippen molar-refractivity contribution in [3.8, 4) is 5.69 Å². The lowest BCUT2D eigenvalue weighted by Crippen LogP contribution is -2.17. The Balaban J connectivity index is 1.71. The van der Waals surface area contributed by atoms with Gasteiger partial charge in [-0.2, -0.15) is 0 Å². The van der Waals surface area contributed by atoms with Crippen molar-refractivity contribution in [2.75, 3.05) is 11.6 Å². The predicted molar refractivity (Wildman–Crippen MR) is 103 cm³/mol. The Hall–Kier alpha value is -3.00. The van der Waals surface area contributed by atoms with E-state index in [1.165, 1.54) is 24.3 Å². The first-order chi connectivity index (χ1) is 13.3. The maximum atomic E-state index is 13.2. The van der Waals surface area contributed by atoms with Gasteiger partial charge >= 0.3 is 0 Å². The van der Waals surface area contributed by atoms with Crippen LogP contribution in [0.4, 0.5) is 10.2 Å². The van der Waals surface area contributed by atoms with Gasteiger partial charge in [-0.1, -0.05) is 12.1 Å². The van der Waals surface area contributed by atoms with Gasteiger partial charge in [-0.15, -0.1) is 5.10 Å². The third kappa shape index (κ3) is 3.31. The molecule has 1 aromatic heterocycles. The van der Waals surface area contributed by atoms with Gasteiger partial charge in [-0.05, 0) is 55.7 Å². The van der Waals surface area contributed by atoms with E-state index in [9.17, 15) is 17.6 Å². The Morgan fingerprint density at radius 3 is 2.54 bits per heavy atom. The van der Waals surface area contributed by atoms with Crippen LogP contribution in [0.3, 0.4) is 0 Å². The Morgan fingerprint density at radius 1 is 1.11 bits per heavy atom. The van der Waals surface area contributed by atoms with Gasteiger partial charge in [-0.3, -0.25) is 4.79 Å². The van der Waals surface area contributed by atoms with Crippen molar-refractivity contribution in [2.45, 2.75) is 24.2 Å². The highest BCUT2D eigenvalue weighted by Gasteiger charge is 2.26. The molecule has 0 fully saturated rings. The van der Waals surface area contributed by atoms with Gasteiger partial charge in [-0.25, -0.2) is 17.5 Å². The number of amides is 1. The van der Waals surface area contributed by atoms with E-state index >= 15 is 0 Å². The van der Waals surface area contributed by atoms with E-state index in [0.29, 0.717) is 11.5 Å². The number of halogens is 1. The predicted octanol–water partition coefficient (Wildman–Crippen LogP) is 3.16. The van der Waals surface area contributed by atoms with Gasteiger partial charge in [0.2, 0.25) is 0 Å². The Morgan fingerprint density at radius 2 is 1.82 bits per heavy atom. The fourth-order valence-corrected chi connectivity index (χ4v) is 4.37. The summed E-state index contributed by atoms with van der Waals surface area (Å²) in [7, 11) is -3.55. The average molecular weight is 399 g/mol. The van der Waals surface area contributed by atoms with Crippen LogP contribution in [0, 0.1) is 5.82 Å². The van der Waals surface area contributed by atoms with Crippen molar-refractivity contribution in [3.05, 3.63) is 71.2 Å². The van der Waals surface area contributed by atoms with Crippen LogP contribution in [0.25, 0.3) is 5.69 Å². The van der Waals surface area contributed by atoms with Crippen molar-refractivity contribution in [2.24, 2.45) is 0 Å². The smallest absolute Gasteiger partial charge is 0.258 e. The zero-order valence-corrected chi connectivity index (χ0v) is 16.0. The quantitative estimate of drug-likeness (QED) is 0.731. The molecule has 4 rings (SSSR count). The molecule has 28 heavy (non-hydrogen) atoms. The lowest BCUT2D eigenvalue weighted by molar-refractivity contribution is 0.102. The Kier molecular flexibility index (Phi) is 4.50. The number of fused-ring (bicyclic) bond motifs is 1. The highest BCUT2D eigenvalue weighted by atomic mass is 32.2. The van der Waals surface area contributed by atoms with Crippen molar-refractivity contribution < 1.29 is 17.6 Å². The number of aromatic nitrogens is 2. The first-order valence-corrected chi connectivity index (χ1v) is 10.7. The van der Waals surface area contributed by atoms with E-state index in [1.54, 1.807) is 28.9 Å². The standard InChI is InChI=1S/C20H18FN3O3S/c1-28(26,27)18-8-3-2-5-16(18)20(25)22-19-15-6-4-7-17(15)24(23-19)14-11-9-13(21)10-12-14/h2-3,5,8-12H,4,6-7H2,1H3,(H,22,23,25). The second-order valence-corrected chi connectivity index (χ2v) is 8.72. The number of hydrogen-bond donors (Lipinski definition) is 1. The molecule has 1 heterocycles. The molecule has 3 aromatic rings. The molecule has 0 saturated carbocycles. The molecular formula is C20H18FN3O3S. The second kappa shape index (κ2) is 6.87. The molecule has 0 radical (unpaired) electrons. The molecular weight excluding hydrogens is 381 g/mol. The van der Waals surface area contributed by atoms with Crippen LogP contribution in [0.15, 0.2) is 53.4 Å². The van der Waals surface area contributed by atoms with E-state index in [0.717, 1.165) is 36.8 Å². The summed E-state index contributed by atoms with van der Waals surface area (Å²) in [6.45, 7) is 0. The molecule has 144 valence electrons. The molecule has 0 spiro atoms. The molecule has 2 aromatic carbocycles. The van der Waals surface area contributed by atoms with Crippen LogP contribution in [0.2, 0.25) is 0 Å². The lowest BCUT2D eigenvalue weighted by atomic mass is 10.2. The van der Waals surface area contributed by atoms with Crippen LogP contribution in [-0.2, 0) is 22.7 Å². The van der Waals surface area contributed by atoms with Gasteiger partial charge < -0.3 is 5.32 Å². The number of rotatable bonds is 4. The Labute approximate surface area is 161 Å². The van der Waals surface area contributed by atoms with Gasteiger partial charge in [0.15, 0.2) is 15.7 Å². The minimum absolute atomic E-state index is 0.0258. The highest BCUT2D eigenvalue weighted by molar-refractivity contribution is 7.90. The lowest BCUT2D eigenvalue weighted by Gasteiger charge is -2.08. The van der Waals surface area contributed by atoms with Crippen molar-refractivity contribution in [1.82, 2.24) is 9.78 Å². The third-order valence-electron chi connectivity index (χ3n) is 4.76. The summed E-state index contributed by atoms with van der Waals surface area (Å²) in [6, 6.07) is 12.1. The van der Waals surface area contributed by atoms with Gasteiger partial charge in [0, 0.05) is 17.5 Å². The summed E-state index contributed by atoms with van der Waals surface area (Å²) in [5.41, 5.74) is 2.68. The number of nitrogens with zero attached hydrogens (tertiary/aromatic N) is 2. The maximum Gasteiger partial charge on any atom is 0.258 e. The summed E-state index contributed by atoms with van der Waals surface area (Å²) >= 11 is 0. The summed E-state index contributed by atoms with van der Waals surface area (Å²) in [6.07, 6.45) is 3.56. The first-order valence-electron chi connectivity index (χ1n) is 8.82. The molecule has 8 heteroatoms. The maximum absolute atomic E-state index is 13.2. The van der Waals surface area contributed by atoms with E-state index in [-0.39, 0.29) is 16.3 Å². The van der Waals surface area contributed by atoms with Gasteiger partial charge in [0.1, 0.15) is 5.82 Å². The molecule has 6 nitrogen and oxygen atoms in total. The van der Waals surface area contributed by atoms with Crippen LogP contribution in [0.5, 0.6) is 0 Å². The van der Waals surface area contributed by atoms with E-state index < -0.39 is 15.7 Å². The van der Waals surface area contributed by atoms with Crippen molar-refractivity contribution >= 4 is 21.6 Å². The molecule has 0 unspecified atom stereocenters. The van der Waals surface area contributed by atoms with E-state index in [4.69, 9.17) is 0 Å². The monoisotopic (exact) mass is 399 g/mol. The summed E-state index contributed by atoms with van der Waals surface area (Å²) in [5, 5.41) is 7.27. The van der Waals surface area contributed by atoms with Crippen LogP contribution in [-0.4, -0.2) is 30.4 Å². The number of hydrogen-bond acceptors (Lipinski definition) is 4. The average Bonchev–Trinajstić information content (AvgIpc) is 3.26. The summed E-state index contributed by atoms with van der Waals surface area (Å²) in [5.74, 6) is -0.455. The van der Waals surface area contributed by atoms with Crippen LogP contribution >= 0.6 is 0 Å². The minimum atomic E-state index is -3.55. The topological polar surface area (TPSA) is 81.1 Å². The molecule has 0 atom stereocenters. The molecule has 0 saturated heterocycles. The van der Waals surface area contributed by atoms with Crippen LogP contribution in [0.1, 0.15) is 28.0 Å². The number of anilines is 1. The number of carbonyl (C=O) groups is 1.